The van der Waals surface area contributed by atoms with Gasteiger partial charge >= 0.3 is 0 Å². The zero-order chi connectivity index (χ0) is 17.5. The lowest BCUT2D eigenvalue weighted by molar-refractivity contribution is 0.0954. The van der Waals surface area contributed by atoms with Gasteiger partial charge in [0.15, 0.2) is 0 Å². The van der Waals surface area contributed by atoms with E-state index in [0.29, 0.717) is 33.4 Å². The molecule has 0 fully saturated rings. The van der Waals surface area contributed by atoms with Crippen LogP contribution in [-0.4, -0.2) is 18.4 Å². The number of halogens is 2. The second kappa shape index (κ2) is 8.71. The Morgan fingerprint density at radius 2 is 1.75 bits per heavy atom. The lowest BCUT2D eigenvalue weighted by Crippen LogP contribution is -2.26. The van der Waals surface area contributed by atoms with Gasteiger partial charge in [-0.25, -0.2) is 0 Å². The Labute approximate surface area is 151 Å². The molecule has 0 saturated heterocycles. The molecule has 126 valence electrons. The summed E-state index contributed by atoms with van der Waals surface area (Å²) in [6.45, 7) is 2.65. The van der Waals surface area contributed by atoms with Gasteiger partial charge in [-0.05, 0) is 36.8 Å². The summed E-state index contributed by atoms with van der Waals surface area (Å²) in [6, 6.07) is 11.5. The van der Waals surface area contributed by atoms with E-state index in [9.17, 15) is 9.59 Å². The van der Waals surface area contributed by atoms with Crippen LogP contribution in [0.25, 0.3) is 0 Å². The maximum atomic E-state index is 12.4. The van der Waals surface area contributed by atoms with Gasteiger partial charge in [0.25, 0.3) is 11.8 Å². The van der Waals surface area contributed by atoms with Crippen LogP contribution in [0.5, 0.6) is 0 Å². The largest absolute Gasteiger partial charge is 0.352 e. The first-order chi connectivity index (χ1) is 11.5. The van der Waals surface area contributed by atoms with Crippen LogP contribution >= 0.6 is 23.2 Å². The van der Waals surface area contributed by atoms with E-state index in [2.05, 4.69) is 17.6 Å². The van der Waals surface area contributed by atoms with E-state index in [0.717, 1.165) is 12.8 Å². The molecule has 2 aromatic carbocycles. The average Bonchev–Trinajstić information content (AvgIpc) is 2.58. The number of amides is 2. The summed E-state index contributed by atoms with van der Waals surface area (Å²) in [5.74, 6) is -0.573. The number of unbranched alkanes of at least 4 members (excludes halogenated alkanes) is 1. The van der Waals surface area contributed by atoms with Crippen LogP contribution in [0, 0.1) is 0 Å². The molecule has 0 radical (unpaired) electrons. The summed E-state index contributed by atoms with van der Waals surface area (Å²) in [5, 5.41) is 6.26. The molecule has 0 saturated carbocycles. The first-order valence-corrected chi connectivity index (χ1v) is 8.42. The monoisotopic (exact) mass is 364 g/mol. The quantitative estimate of drug-likeness (QED) is 0.724. The molecular formula is C18H18Cl2N2O2. The third-order valence-electron chi connectivity index (χ3n) is 3.42. The molecule has 4 nitrogen and oxygen atoms in total. The fourth-order valence-electron chi connectivity index (χ4n) is 2.10. The molecule has 0 spiro atoms. The summed E-state index contributed by atoms with van der Waals surface area (Å²) < 4.78 is 0. The zero-order valence-corrected chi connectivity index (χ0v) is 14.7. The van der Waals surface area contributed by atoms with Crippen molar-refractivity contribution in [2.24, 2.45) is 0 Å². The molecule has 0 aliphatic carbocycles. The Hall–Kier alpha value is -2.04. The molecule has 2 amide bonds. The molecule has 0 aliphatic rings. The Morgan fingerprint density at radius 3 is 2.46 bits per heavy atom. The van der Waals surface area contributed by atoms with E-state index < -0.39 is 0 Å². The number of nitrogens with one attached hydrogen (secondary N) is 2. The number of benzene rings is 2. The van der Waals surface area contributed by atoms with Gasteiger partial charge in [-0.1, -0.05) is 48.7 Å². The van der Waals surface area contributed by atoms with Crippen molar-refractivity contribution in [1.82, 2.24) is 5.32 Å². The Kier molecular flexibility index (Phi) is 6.64. The van der Waals surface area contributed by atoms with Crippen LogP contribution in [0.3, 0.4) is 0 Å². The second-order valence-electron chi connectivity index (χ2n) is 5.24. The highest BCUT2D eigenvalue weighted by Gasteiger charge is 2.14. The standard InChI is InChI=1S/C18H18Cl2N2O2/c1-2-3-10-21-18(24)13-6-4-5-7-16(13)22-17(23)12-8-9-14(19)15(20)11-12/h4-9,11H,2-3,10H2,1H3,(H,21,24)(H,22,23). The minimum Gasteiger partial charge on any atom is -0.352 e. The zero-order valence-electron chi connectivity index (χ0n) is 13.2. The molecule has 2 N–H and O–H groups in total. The Bertz CT molecular complexity index is 748. The summed E-state index contributed by atoms with van der Waals surface area (Å²) in [6.07, 6.45) is 1.90. The predicted octanol–water partition coefficient (Wildman–Crippen LogP) is 4.78. The first kappa shape index (κ1) is 18.3. The van der Waals surface area contributed by atoms with Gasteiger partial charge in [0, 0.05) is 12.1 Å². The molecule has 0 bridgehead atoms. The topological polar surface area (TPSA) is 58.2 Å². The predicted molar refractivity (Wildman–Crippen MR) is 98.1 cm³/mol. The first-order valence-electron chi connectivity index (χ1n) is 7.66. The van der Waals surface area contributed by atoms with E-state index in [-0.39, 0.29) is 11.8 Å². The number of carbonyl (C=O) groups is 2. The normalized spacial score (nSPS) is 10.3. The van der Waals surface area contributed by atoms with Gasteiger partial charge in [0.2, 0.25) is 0 Å². The summed E-state index contributed by atoms with van der Waals surface area (Å²) >= 11 is 11.8. The van der Waals surface area contributed by atoms with Crippen molar-refractivity contribution >= 4 is 40.7 Å². The minimum atomic E-state index is -0.359. The fourth-order valence-corrected chi connectivity index (χ4v) is 2.39. The van der Waals surface area contributed by atoms with E-state index in [1.54, 1.807) is 36.4 Å². The van der Waals surface area contributed by atoms with E-state index in [1.807, 2.05) is 0 Å². The number of hydrogen-bond acceptors (Lipinski definition) is 2. The summed E-state index contributed by atoms with van der Waals surface area (Å²) in [4.78, 5) is 24.6. The van der Waals surface area contributed by atoms with Crippen LogP contribution in [0.15, 0.2) is 42.5 Å². The number of para-hydroxylation sites is 1. The molecular weight excluding hydrogens is 347 g/mol. The molecule has 0 aromatic heterocycles. The van der Waals surface area contributed by atoms with Crippen LogP contribution in [0.4, 0.5) is 5.69 Å². The highest BCUT2D eigenvalue weighted by molar-refractivity contribution is 6.42. The lowest BCUT2D eigenvalue weighted by atomic mass is 10.1. The number of carbonyl (C=O) groups excluding carboxylic acids is 2. The van der Waals surface area contributed by atoms with Crippen LogP contribution in [0.2, 0.25) is 10.0 Å². The molecule has 0 atom stereocenters. The van der Waals surface area contributed by atoms with Crippen LogP contribution < -0.4 is 10.6 Å². The molecule has 0 unspecified atom stereocenters. The van der Waals surface area contributed by atoms with E-state index in [4.69, 9.17) is 23.2 Å². The SMILES string of the molecule is CCCCNC(=O)c1ccccc1NC(=O)c1ccc(Cl)c(Cl)c1. The van der Waals surface area contributed by atoms with Crippen LogP contribution in [0.1, 0.15) is 40.5 Å². The molecule has 0 heterocycles. The van der Waals surface area contributed by atoms with Crippen molar-refractivity contribution in [3.05, 3.63) is 63.6 Å². The van der Waals surface area contributed by atoms with Gasteiger partial charge in [0.1, 0.15) is 0 Å². The van der Waals surface area contributed by atoms with Crippen LogP contribution in [-0.2, 0) is 0 Å². The number of anilines is 1. The van der Waals surface area contributed by atoms with Crippen molar-refractivity contribution in [3.63, 3.8) is 0 Å². The van der Waals surface area contributed by atoms with E-state index >= 15 is 0 Å². The highest BCUT2D eigenvalue weighted by Crippen LogP contribution is 2.23. The second-order valence-corrected chi connectivity index (χ2v) is 6.05. The maximum Gasteiger partial charge on any atom is 0.255 e. The molecule has 2 rings (SSSR count). The third kappa shape index (κ3) is 4.73. The van der Waals surface area contributed by atoms with Crippen molar-refractivity contribution in [3.8, 4) is 0 Å². The summed E-state index contributed by atoms with van der Waals surface area (Å²) in [7, 11) is 0. The van der Waals surface area contributed by atoms with Gasteiger partial charge < -0.3 is 10.6 Å². The van der Waals surface area contributed by atoms with Crippen molar-refractivity contribution in [2.45, 2.75) is 19.8 Å². The third-order valence-corrected chi connectivity index (χ3v) is 4.16. The van der Waals surface area contributed by atoms with Crippen molar-refractivity contribution in [2.75, 3.05) is 11.9 Å². The number of hydrogen-bond donors (Lipinski definition) is 2. The smallest absolute Gasteiger partial charge is 0.255 e. The fraction of sp³-hybridized carbons (Fsp3) is 0.222. The van der Waals surface area contributed by atoms with Gasteiger partial charge in [-0.3, -0.25) is 9.59 Å². The van der Waals surface area contributed by atoms with Gasteiger partial charge in [-0.15, -0.1) is 0 Å². The highest BCUT2D eigenvalue weighted by atomic mass is 35.5. The molecule has 6 heteroatoms. The van der Waals surface area contributed by atoms with E-state index in [1.165, 1.54) is 6.07 Å². The Balaban J connectivity index is 2.15. The Morgan fingerprint density at radius 1 is 1.00 bits per heavy atom. The molecule has 0 aliphatic heterocycles. The average molecular weight is 365 g/mol. The summed E-state index contributed by atoms with van der Waals surface area (Å²) in [5.41, 5.74) is 1.23. The van der Waals surface area contributed by atoms with Crippen molar-refractivity contribution < 1.29 is 9.59 Å². The lowest BCUT2D eigenvalue weighted by Gasteiger charge is -2.11. The minimum absolute atomic E-state index is 0.214. The van der Waals surface area contributed by atoms with Crippen molar-refractivity contribution in [1.29, 1.82) is 0 Å². The molecule has 24 heavy (non-hydrogen) atoms. The van der Waals surface area contributed by atoms with Gasteiger partial charge in [-0.2, -0.15) is 0 Å². The van der Waals surface area contributed by atoms with Gasteiger partial charge in [0.05, 0.1) is 21.3 Å². The molecule has 2 aromatic rings. The number of rotatable bonds is 6. The maximum absolute atomic E-state index is 12.4.